The molecular weight excluding hydrogens is 280 g/mol. The van der Waals surface area contributed by atoms with Gasteiger partial charge in [0.2, 0.25) is 0 Å². The molecule has 2 aliphatic heterocycles. The highest BCUT2D eigenvalue weighted by molar-refractivity contribution is 5.79. The van der Waals surface area contributed by atoms with Gasteiger partial charge in [-0.3, -0.25) is 9.89 Å². The van der Waals surface area contributed by atoms with Crippen LogP contribution in [0, 0.1) is 5.92 Å². The summed E-state index contributed by atoms with van der Waals surface area (Å²) in [6.07, 6.45) is 2.67. The highest BCUT2D eigenvalue weighted by Crippen LogP contribution is 2.10. The molecule has 0 aliphatic carbocycles. The molecule has 2 atom stereocenters. The Morgan fingerprint density at radius 1 is 1.27 bits per heavy atom. The van der Waals surface area contributed by atoms with Crippen LogP contribution in [0.1, 0.15) is 26.7 Å². The zero-order valence-electron chi connectivity index (χ0n) is 14.1. The van der Waals surface area contributed by atoms with Gasteiger partial charge in [0.1, 0.15) is 0 Å². The predicted octanol–water partition coefficient (Wildman–Crippen LogP) is 0.689. The largest absolute Gasteiger partial charge is 0.379 e. The minimum atomic E-state index is 0.342. The van der Waals surface area contributed by atoms with E-state index in [9.17, 15) is 0 Å². The van der Waals surface area contributed by atoms with E-state index < -0.39 is 0 Å². The van der Waals surface area contributed by atoms with Crippen LogP contribution in [0.4, 0.5) is 0 Å². The molecule has 0 amide bonds. The number of morpholine rings is 1. The first kappa shape index (κ1) is 17.5. The van der Waals surface area contributed by atoms with Crippen LogP contribution < -0.4 is 10.6 Å². The first-order chi connectivity index (χ1) is 10.8. The molecule has 0 radical (unpaired) electrons. The number of guanidine groups is 1. The molecule has 0 spiro atoms. The van der Waals surface area contributed by atoms with Crippen molar-refractivity contribution in [2.45, 2.75) is 32.8 Å². The van der Waals surface area contributed by atoms with Gasteiger partial charge in [-0.15, -0.1) is 0 Å². The summed E-state index contributed by atoms with van der Waals surface area (Å²) in [4.78, 5) is 7.19. The molecule has 2 N–H and O–H groups in total. The molecule has 6 heteroatoms. The molecule has 0 saturated carbocycles. The van der Waals surface area contributed by atoms with Crippen molar-refractivity contribution in [1.82, 2.24) is 15.5 Å². The first-order valence-electron chi connectivity index (χ1n) is 8.71. The van der Waals surface area contributed by atoms with Crippen LogP contribution >= 0.6 is 0 Å². The van der Waals surface area contributed by atoms with Crippen LogP contribution in [0.25, 0.3) is 0 Å². The molecule has 2 aliphatic rings. The summed E-state index contributed by atoms with van der Waals surface area (Å²) in [5.41, 5.74) is 0. The van der Waals surface area contributed by atoms with Crippen molar-refractivity contribution in [3.8, 4) is 0 Å². The Balaban J connectivity index is 1.70. The quantitative estimate of drug-likeness (QED) is 0.535. The normalized spacial score (nSPS) is 25.2. The van der Waals surface area contributed by atoms with Crippen LogP contribution in [0.15, 0.2) is 4.99 Å². The van der Waals surface area contributed by atoms with Crippen LogP contribution in [0.2, 0.25) is 0 Å². The molecule has 2 heterocycles. The van der Waals surface area contributed by atoms with E-state index in [1.807, 2.05) is 0 Å². The van der Waals surface area contributed by atoms with Crippen molar-refractivity contribution in [3.05, 3.63) is 0 Å². The second kappa shape index (κ2) is 10.0. The van der Waals surface area contributed by atoms with E-state index >= 15 is 0 Å². The topological polar surface area (TPSA) is 58.1 Å². The van der Waals surface area contributed by atoms with E-state index in [2.05, 4.69) is 29.4 Å². The lowest BCUT2D eigenvalue weighted by Gasteiger charge is -2.28. The Morgan fingerprint density at radius 3 is 2.77 bits per heavy atom. The molecular formula is C16H32N4O2. The van der Waals surface area contributed by atoms with Gasteiger partial charge in [0.05, 0.1) is 19.3 Å². The third-order valence-electron chi connectivity index (χ3n) is 4.10. The van der Waals surface area contributed by atoms with E-state index in [0.29, 0.717) is 12.0 Å². The van der Waals surface area contributed by atoms with Crippen LogP contribution in [0.3, 0.4) is 0 Å². The number of rotatable bonds is 7. The van der Waals surface area contributed by atoms with Gasteiger partial charge in [0.25, 0.3) is 0 Å². The SMILES string of the molecule is CCNC(=NCC(C)CN1CCOCC1)NCC1CCCO1. The van der Waals surface area contributed by atoms with E-state index in [-0.39, 0.29) is 0 Å². The average Bonchev–Trinajstić information content (AvgIpc) is 3.04. The smallest absolute Gasteiger partial charge is 0.191 e. The number of nitrogens with one attached hydrogen (secondary N) is 2. The monoisotopic (exact) mass is 312 g/mol. The number of ether oxygens (including phenoxy) is 2. The van der Waals surface area contributed by atoms with Gasteiger partial charge in [-0.05, 0) is 25.7 Å². The maximum Gasteiger partial charge on any atom is 0.191 e. The summed E-state index contributed by atoms with van der Waals surface area (Å²) in [6, 6.07) is 0. The fraction of sp³-hybridized carbons (Fsp3) is 0.938. The summed E-state index contributed by atoms with van der Waals surface area (Å²) in [5.74, 6) is 1.46. The standard InChI is InChI=1S/C16H32N4O2/c1-3-17-16(19-12-15-5-4-8-22-15)18-11-14(2)13-20-6-9-21-10-7-20/h14-15H,3-13H2,1-2H3,(H2,17,18,19). The predicted molar refractivity (Wildman–Crippen MR) is 89.4 cm³/mol. The van der Waals surface area contributed by atoms with E-state index in [1.165, 1.54) is 6.42 Å². The van der Waals surface area contributed by atoms with Crippen LogP contribution in [-0.4, -0.2) is 76.1 Å². The molecule has 0 aromatic carbocycles. The molecule has 0 bridgehead atoms. The maximum atomic E-state index is 5.64. The lowest BCUT2D eigenvalue weighted by molar-refractivity contribution is 0.0323. The summed E-state index contributed by atoms with van der Waals surface area (Å²) in [6.45, 7) is 12.8. The lowest BCUT2D eigenvalue weighted by Crippen LogP contribution is -2.42. The summed E-state index contributed by atoms with van der Waals surface area (Å²) >= 11 is 0. The van der Waals surface area contributed by atoms with E-state index in [4.69, 9.17) is 14.5 Å². The Hall–Kier alpha value is -0.850. The second-order valence-electron chi connectivity index (χ2n) is 6.25. The lowest BCUT2D eigenvalue weighted by atomic mass is 10.1. The van der Waals surface area contributed by atoms with Crippen molar-refractivity contribution in [2.24, 2.45) is 10.9 Å². The fourth-order valence-electron chi connectivity index (χ4n) is 2.89. The summed E-state index contributed by atoms with van der Waals surface area (Å²) in [7, 11) is 0. The summed E-state index contributed by atoms with van der Waals surface area (Å²) < 4.78 is 11.0. The van der Waals surface area contributed by atoms with Gasteiger partial charge in [0.15, 0.2) is 5.96 Å². The molecule has 22 heavy (non-hydrogen) atoms. The molecule has 0 aromatic rings. The molecule has 2 rings (SSSR count). The molecule has 2 saturated heterocycles. The van der Waals surface area contributed by atoms with E-state index in [0.717, 1.165) is 71.5 Å². The zero-order valence-corrected chi connectivity index (χ0v) is 14.1. The van der Waals surface area contributed by atoms with Gasteiger partial charge in [0, 0.05) is 45.9 Å². The Kier molecular flexibility index (Phi) is 7.98. The van der Waals surface area contributed by atoms with Crippen LogP contribution in [-0.2, 0) is 9.47 Å². The summed E-state index contributed by atoms with van der Waals surface area (Å²) in [5, 5.41) is 6.72. The maximum absolute atomic E-state index is 5.64. The number of aliphatic imine (C=N–C) groups is 1. The average molecular weight is 312 g/mol. The number of hydrogen-bond donors (Lipinski definition) is 2. The molecule has 128 valence electrons. The zero-order chi connectivity index (χ0) is 15.6. The van der Waals surface area contributed by atoms with Crippen molar-refractivity contribution < 1.29 is 9.47 Å². The molecule has 2 fully saturated rings. The fourth-order valence-corrected chi connectivity index (χ4v) is 2.89. The van der Waals surface area contributed by atoms with Gasteiger partial charge in [-0.1, -0.05) is 6.92 Å². The van der Waals surface area contributed by atoms with Gasteiger partial charge in [-0.2, -0.15) is 0 Å². The molecule has 2 unspecified atom stereocenters. The third-order valence-corrected chi connectivity index (χ3v) is 4.10. The second-order valence-corrected chi connectivity index (χ2v) is 6.25. The van der Waals surface area contributed by atoms with Crippen molar-refractivity contribution in [1.29, 1.82) is 0 Å². The van der Waals surface area contributed by atoms with Gasteiger partial charge < -0.3 is 20.1 Å². The minimum Gasteiger partial charge on any atom is -0.379 e. The van der Waals surface area contributed by atoms with Crippen molar-refractivity contribution >= 4 is 5.96 Å². The minimum absolute atomic E-state index is 0.342. The van der Waals surface area contributed by atoms with E-state index in [1.54, 1.807) is 0 Å². The highest BCUT2D eigenvalue weighted by Gasteiger charge is 2.16. The molecule has 0 aromatic heterocycles. The Bertz CT molecular complexity index is 326. The molecule has 6 nitrogen and oxygen atoms in total. The third kappa shape index (κ3) is 6.50. The van der Waals surface area contributed by atoms with Crippen molar-refractivity contribution in [2.75, 3.05) is 59.1 Å². The van der Waals surface area contributed by atoms with Gasteiger partial charge >= 0.3 is 0 Å². The van der Waals surface area contributed by atoms with Crippen LogP contribution in [0.5, 0.6) is 0 Å². The number of nitrogens with zero attached hydrogens (tertiary/aromatic N) is 2. The highest BCUT2D eigenvalue weighted by atomic mass is 16.5. The van der Waals surface area contributed by atoms with Crippen molar-refractivity contribution in [3.63, 3.8) is 0 Å². The number of hydrogen-bond acceptors (Lipinski definition) is 4. The Morgan fingerprint density at radius 2 is 2.09 bits per heavy atom. The van der Waals surface area contributed by atoms with Gasteiger partial charge in [-0.25, -0.2) is 0 Å². The first-order valence-corrected chi connectivity index (χ1v) is 8.71. The Labute approximate surface area is 134 Å².